The van der Waals surface area contributed by atoms with Gasteiger partial charge < -0.3 is 14.5 Å². The topological polar surface area (TPSA) is 62.7 Å². The van der Waals surface area contributed by atoms with Gasteiger partial charge in [0.2, 0.25) is 5.91 Å². The van der Waals surface area contributed by atoms with Gasteiger partial charge in [0.05, 0.1) is 5.02 Å². The molecule has 0 radical (unpaired) electrons. The number of halogens is 2. The number of methoxy groups -OCH3 is 1. The van der Waals surface area contributed by atoms with Crippen LogP contribution < -0.4 is 0 Å². The summed E-state index contributed by atoms with van der Waals surface area (Å²) in [5.41, 5.74) is 0.140. The first-order valence-corrected chi connectivity index (χ1v) is 7.16. The number of amides is 2. The lowest BCUT2D eigenvalue weighted by Crippen LogP contribution is -2.51. The number of carbonyl (C=O) groups is 2. The number of aromatic nitrogens is 1. The Balaban J connectivity index is 2.00. The number of hydrogen-bond acceptors (Lipinski definition) is 4. The van der Waals surface area contributed by atoms with Gasteiger partial charge in [0, 0.05) is 33.3 Å². The molecule has 0 saturated carbocycles. The van der Waals surface area contributed by atoms with E-state index in [1.165, 1.54) is 13.2 Å². The predicted octanol–water partition coefficient (Wildman–Crippen LogP) is 1.32. The van der Waals surface area contributed by atoms with Gasteiger partial charge in [-0.3, -0.25) is 9.59 Å². The molecule has 8 heteroatoms. The summed E-state index contributed by atoms with van der Waals surface area (Å²) in [5, 5.41) is 0.485. The number of rotatable bonds is 3. The number of pyridine rings is 1. The van der Waals surface area contributed by atoms with Crippen LogP contribution in [0, 0.1) is 0 Å². The Bertz CT molecular complexity index is 545. The van der Waals surface area contributed by atoms with Gasteiger partial charge in [-0.1, -0.05) is 23.2 Å². The van der Waals surface area contributed by atoms with Gasteiger partial charge in [-0.2, -0.15) is 0 Å². The van der Waals surface area contributed by atoms with Crippen LogP contribution in [0.25, 0.3) is 0 Å². The SMILES string of the molecule is COCC(=O)N1CCN(C(=O)c2nc(Cl)ccc2Cl)CC1. The molecule has 114 valence electrons. The van der Waals surface area contributed by atoms with E-state index in [-0.39, 0.29) is 34.3 Å². The van der Waals surface area contributed by atoms with Gasteiger partial charge in [-0.15, -0.1) is 0 Å². The molecule has 2 heterocycles. The van der Waals surface area contributed by atoms with Gasteiger partial charge in [0.25, 0.3) is 5.91 Å². The first-order chi connectivity index (χ1) is 10.0. The van der Waals surface area contributed by atoms with Crippen LogP contribution >= 0.6 is 23.2 Å². The number of hydrogen-bond donors (Lipinski definition) is 0. The largest absolute Gasteiger partial charge is 0.375 e. The van der Waals surface area contributed by atoms with E-state index in [1.54, 1.807) is 15.9 Å². The van der Waals surface area contributed by atoms with Crippen molar-refractivity contribution < 1.29 is 14.3 Å². The maximum absolute atomic E-state index is 12.4. The van der Waals surface area contributed by atoms with E-state index in [9.17, 15) is 9.59 Å². The highest BCUT2D eigenvalue weighted by atomic mass is 35.5. The highest BCUT2D eigenvalue weighted by Gasteiger charge is 2.26. The molecular formula is C13H15Cl2N3O3. The van der Waals surface area contributed by atoms with E-state index in [1.807, 2.05) is 0 Å². The summed E-state index contributed by atoms with van der Waals surface area (Å²) in [7, 11) is 1.48. The normalized spacial score (nSPS) is 15.2. The quantitative estimate of drug-likeness (QED) is 0.783. The first kappa shape index (κ1) is 16.0. The lowest BCUT2D eigenvalue weighted by molar-refractivity contribution is -0.136. The molecule has 2 amide bonds. The minimum atomic E-state index is -0.277. The lowest BCUT2D eigenvalue weighted by atomic mass is 10.2. The number of nitrogens with zero attached hydrogens (tertiary/aromatic N) is 3. The van der Waals surface area contributed by atoms with Gasteiger partial charge in [-0.05, 0) is 12.1 Å². The second kappa shape index (κ2) is 7.06. The summed E-state index contributed by atoms with van der Waals surface area (Å²) in [6.07, 6.45) is 0. The summed E-state index contributed by atoms with van der Waals surface area (Å²) >= 11 is 11.8. The smallest absolute Gasteiger partial charge is 0.274 e. The molecule has 1 aliphatic rings. The third kappa shape index (κ3) is 3.84. The summed E-state index contributed by atoms with van der Waals surface area (Å²) in [5.74, 6) is -0.357. The molecule has 1 saturated heterocycles. The maximum atomic E-state index is 12.4. The molecular weight excluding hydrogens is 317 g/mol. The molecule has 0 atom stereocenters. The zero-order chi connectivity index (χ0) is 15.4. The van der Waals surface area contributed by atoms with E-state index in [2.05, 4.69) is 4.98 Å². The van der Waals surface area contributed by atoms with Crippen LogP contribution in [0.15, 0.2) is 12.1 Å². The molecule has 2 rings (SSSR count). The first-order valence-electron chi connectivity index (χ1n) is 6.41. The van der Waals surface area contributed by atoms with Gasteiger partial charge in [-0.25, -0.2) is 4.98 Å². The fourth-order valence-corrected chi connectivity index (χ4v) is 2.43. The van der Waals surface area contributed by atoms with E-state index >= 15 is 0 Å². The van der Waals surface area contributed by atoms with Crippen molar-refractivity contribution in [2.75, 3.05) is 39.9 Å². The van der Waals surface area contributed by atoms with Crippen LogP contribution in [0.3, 0.4) is 0 Å². The Morgan fingerprint density at radius 1 is 1.19 bits per heavy atom. The van der Waals surface area contributed by atoms with E-state index in [0.717, 1.165) is 0 Å². The second-order valence-electron chi connectivity index (χ2n) is 4.57. The summed E-state index contributed by atoms with van der Waals surface area (Å²) in [4.78, 5) is 31.3. The van der Waals surface area contributed by atoms with Gasteiger partial charge >= 0.3 is 0 Å². The molecule has 0 aromatic carbocycles. The highest BCUT2D eigenvalue weighted by molar-refractivity contribution is 6.34. The van der Waals surface area contributed by atoms with Crippen molar-refractivity contribution in [1.82, 2.24) is 14.8 Å². The van der Waals surface area contributed by atoms with E-state index in [4.69, 9.17) is 27.9 Å². The Hall–Kier alpha value is -1.37. The van der Waals surface area contributed by atoms with Crippen molar-refractivity contribution in [2.45, 2.75) is 0 Å². The Morgan fingerprint density at radius 3 is 2.43 bits per heavy atom. The maximum Gasteiger partial charge on any atom is 0.274 e. The van der Waals surface area contributed by atoms with E-state index in [0.29, 0.717) is 26.2 Å². The zero-order valence-corrected chi connectivity index (χ0v) is 13.0. The van der Waals surface area contributed by atoms with E-state index < -0.39 is 0 Å². The molecule has 6 nitrogen and oxygen atoms in total. The molecule has 21 heavy (non-hydrogen) atoms. The van der Waals surface area contributed by atoms with Crippen LogP contribution in [-0.2, 0) is 9.53 Å². The van der Waals surface area contributed by atoms with Crippen molar-refractivity contribution in [2.24, 2.45) is 0 Å². The molecule has 0 aliphatic carbocycles. The van der Waals surface area contributed by atoms with Crippen LogP contribution in [0.1, 0.15) is 10.5 Å². The predicted molar refractivity (Wildman–Crippen MR) is 78.6 cm³/mol. The highest BCUT2D eigenvalue weighted by Crippen LogP contribution is 2.19. The monoisotopic (exact) mass is 331 g/mol. The fraction of sp³-hybridized carbons (Fsp3) is 0.462. The minimum absolute atomic E-state index is 0.0512. The summed E-state index contributed by atoms with van der Waals surface area (Å²) in [6, 6.07) is 3.07. The van der Waals surface area contributed by atoms with Crippen LogP contribution in [0.5, 0.6) is 0 Å². The molecule has 0 N–H and O–H groups in total. The summed E-state index contributed by atoms with van der Waals surface area (Å²) < 4.78 is 4.82. The van der Waals surface area contributed by atoms with Crippen molar-refractivity contribution >= 4 is 35.0 Å². The number of piperazine rings is 1. The van der Waals surface area contributed by atoms with Crippen molar-refractivity contribution in [1.29, 1.82) is 0 Å². The zero-order valence-electron chi connectivity index (χ0n) is 11.5. The van der Waals surface area contributed by atoms with Gasteiger partial charge in [0.15, 0.2) is 0 Å². The van der Waals surface area contributed by atoms with Crippen LogP contribution in [-0.4, -0.2) is 66.5 Å². The third-order valence-corrected chi connectivity index (χ3v) is 3.72. The Kier molecular flexibility index (Phi) is 5.39. The third-order valence-electron chi connectivity index (χ3n) is 3.20. The molecule has 0 bridgehead atoms. The van der Waals surface area contributed by atoms with Crippen molar-refractivity contribution in [3.8, 4) is 0 Å². The van der Waals surface area contributed by atoms with Crippen LogP contribution in [0.2, 0.25) is 10.2 Å². The van der Waals surface area contributed by atoms with Crippen LogP contribution in [0.4, 0.5) is 0 Å². The second-order valence-corrected chi connectivity index (χ2v) is 5.36. The molecule has 0 unspecified atom stereocenters. The minimum Gasteiger partial charge on any atom is -0.375 e. The average Bonchev–Trinajstić information content (AvgIpc) is 2.49. The van der Waals surface area contributed by atoms with Gasteiger partial charge in [0.1, 0.15) is 17.5 Å². The van der Waals surface area contributed by atoms with Crippen molar-refractivity contribution in [3.05, 3.63) is 28.0 Å². The average molecular weight is 332 g/mol. The molecule has 1 aromatic heterocycles. The molecule has 1 aromatic rings. The Morgan fingerprint density at radius 2 is 1.81 bits per heavy atom. The lowest BCUT2D eigenvalue weighted by Gasteiger charge is -2.34. The molecule has 1 aliphatic heterocycles. The fourth-order valence-electron chi connectivity index (χ4n) is 2.09. The standard InChI is InChI=1S/C13H15Cl2N3O3/c1-21-8-11(19)17-4-6-18(7-5-17)13(20)12-9(14)2-3-10(15)16-12/h2-3H,4-8H2,1H3. The number of ether oxygens (including phenoxy) is 1. The molecule has 1 fully saturated rings. The Labute approximate surface area is 132 Å². The number of carbonyl (C=O) groups excluding carboxylic acids is 2. The summed E-state index contributed by atoms with van der Waals surface area (Å²) in [6.45, 7) is 1.84. The molecule has 0 spiro atoms. The van der Waals surface area contributed by atoms with Crippen molar-refractivity contribution in [3.63, 3.8) is 0 Å².